The topological polar surface area (TPSA) is 74.0 Å². The van der Waals surface area contributed by atoms with Gasteiger partial charge in [0.2, 0.25) is 0 Å². The lowest BCUT2D eigenvalue weighted by Crippen LogP contribution is -2.58. The van der Waals surface area contributed by atoms with E-state index < -0.39 is 5.60 Å². The van der Waals surface area contributed by atoms with Crippen LogP contribution in [-0.2, 0) is 14.2 Å². The van der Waals surface area contributed by atoms with Gasteiger partial charge in [0, 0.05) is 25.8 Å². The Balaban J connectivity index is 1.94. The Morgan fingerprint density at radius 3 is 2.59 bits per heavy atom. The molecule has 6 nitrogen and oxygen atoms in total. The Morgan fingerprint density at radius 1 is 1.27 bits per heavy atom. The van der Waals surface area contributed by atoms with Crippen LogP contribution >= 0.6 is 0 Å². The highest BCUT2D eigenvalue weighted by molar-refractivity contribution is 5.68. The van der Waals surface area contributed by atoms with Gasteiger partial charge in [-0.1, -0.05) is 0 Å². The molecule has 128 valence electrons. The third kappa shape index (κ3) is 5.11. The second-order valence-corrected chi connectivity index (χ2v) is 7.27. The van der Waals surface area contributed by atoms with Crippen molar-refractivity contribution >= 4 is 6.09 Å². The summed E-state index contributed by atoms with van der Waals surface area (Å²) in [7, 11) is 0. The smallest absolute Gasteiger partial charge is 0.410 e. The first-order valence-corrected chi connectivity index (χ1v) is 8.27. The van der Waals surface area contributed by atoms with Crippen LogP contribution in [0.1, 0.15) is 40.0 Å². The molecule has 22 heavy (non-hydrogen) atoms. The van der Waals surface area contributed by atoms with E-state index in [9.17, 15) is 4.79 Å². The van der Waals surface area contributed by atoms with Crippen LogP contribution in [0.5, 0.6) is 0 Å². The number of amides is 1. The molecule has 0 spiro atoms. The maximum absolute atomic E-state index is 12.4. The van der Waals surface area contributed by atoms with Crippen LogP contribution in [0.3, 0.4) is 0 Å². The molecular formula is C16H30N2O4. The summed E-state index contributed by atoms with van der Waals surface area (Å²) in [5.41, 5.74) is 5.91. The predicted octanol–water partition coefficient (Wildman–Crippen LogP) is 1.77. The molecular weight excluding hydrogens is 284 g/mol. The Hall–Kier alpha value is -0.850. The first-order chi connectivity index (χ1) is 10.4. The number of carbonyl (C=O) groups is 1. The first-order valence-electron chi connectivity index (χ1n) is 8.27. The number of hydrogen-bond donors (Lipinski definition) is 1. The highest BCUT2D eigenvalue weighted by atomic mass is 16.6. The Morgan fingerprint density at radius 2 is 1.95 bits per heavy atom. The Bertz CT molecular complexity index is 364. The van der Waals surface area contributed by atoms with Crippen LogP contribution < -0.4 is 5.73 Å². The number of rotatable bonds is 3. The number of nitrogens with zero attached hydrogens (tertiary/aromatic N) is 1. The van der Waals surface area contributed by atoms with E-state index >= 15 is 0 Å². The summed E-state index contributed by atoms with van der Waals surface area (Å²) in [5.74, 6) is 0.575. The molecule has 2 saturated heterocycles. The van der Waals surface area contributed by atoms with Crippen molar-refractivity contribution in [3.8, 4) is 0 Å². The second-order valence-electron chi connectivity index (χ2n) is 7.27. The van der Waals surface area contributed by atoms with Crippen LogP contribution in [0.4, 0.5) is 4.79 Å². The standard InChI is InChI=1S/C16H30N2O4/c1-16(2,3)22-15(19)18-6-9-21-11-14(18)13(17)10-12-4-7-20-8-5-12/h12-14H,4-11,17H2,1-3H3. The van der Waals surface area contributed by atoms with Crippen LogP contribution in [0, 0.1) is 5.92 Å². The maximum atomic E-state index is 12.4. The number of hydrogen-bond acceptors (Lipinski definition) is 5. The molecule has 0 aliphatic carbocycles. The molecule has 0 bridgehead atoms. The van der Waals surface area contributed by atoms with Gasteiger partial charge < -0.3 is 19.9 Å². The molecule has 0 saturated carbocycles. The molecule has 2 unspecified atom stereocenters. The van der Waals surface area contributed by atoms with Gasteiger partial charge in [0.1, 0.15) is 5.60 Å². The van der Waals surface area contributed by atoms with Crippen molar-refractivity contribution in [1.29, 1.82) is 0 Å². The molecule has 2 N–H and O–H groups in total. The van der Waals surface area contributed by atoms with E-state index in [0.717, 1.165) is 32.5 Å². The minimum absolute atomic E-state index is 0.0871. The molecule has 0 radical (unpaired) electrons. The van der Waals surface area contributed by atoms with Gasteiger partial charge in [-0.3, -0.25) is 4.90 Å². The zero-order valence-electron chi connectivity index (χ0n) is 14.0. The van der Waals surface area contributed by atoms with Crippen molar-refractivity contribution in [3.63, 3.8) is 0 Å². The Kier molecular flexibility index (Phi) is 6.06. The summed E-state index contributed by atoms with van der Waals surface area (Å²) in [6.07, 6.45) is 2.71. The van der Waals surface area contributed by atoms with Gasteiger partial charge in [-0.05, 0) is 46.0 Å². The lowest BCUT2D eigenvalue weighted by atomic mass is 9.89. The lowest BCUT2D eigenvalue weighted by Gasteiger charge is -2.40. The number of ether oxygens (including phenoxy) is 3. The van der Waals surface area contributed by atoms with Crippen molar-refractivity contribution < 1.29 is 19.0 Å². The molecule has 0 aromatic carbocycles. The van der Waals surface area contributed by atoms with Crippen molar-refractivity contribution in [2.45, 2.75) is 57.7 Å². The third-order valence-corrected chi connectivity index (χ3v) is 4.23. The molecule has 0 aromatic rings. The number of morpholine rings is 1. The van der Waals surface area contributed by atoms with E-state index in [1.54, 1.807) is 4.90 Å². The van der Waals surface area contributed by atoms with Gasteiger partial charge in [0.15, 0.2) is 0 Å². The van der Waals surface area contributed by atoms with Crippen molar-refractivity contribution in [1.82, 2.24) is 4.90 Å². The minimum atomic E-state index is -0.495. The molecule has 2 heterocycles. The second kappa shape index (κ2) is 7.62. The highest BCUT2D eigenvalue weighted by Gasteiger charge is 2.35. The summed E-state index contributed by atoms with van der Waals surface area (Å²) >= 11 is 0. The number of carbonyl (C=O) groups excluding carboxylic acids is 1. The molecule has 6 heteroatoms. The predicted molar refractivity (Wildman–Crippen MR) is 83.7 cm³/mol. The van der Waals surface area contributed by atoms with Crippen LogP contribution in [0.2, 0.25) is 0 Å². The van der Waals surface area contributed by atoms with E-state index in [4.69, 9.17) is 19.9 Å². The lowest BCUT2D eigenvalue weighted by molar-refractivity contribution is -0.0411. The summed E-state index contributed by atoms with van der Waals surface area (Å²) in [4.78, 5) is 14.1. The monoisotopic (exact) mass is 314 g/mol. The summed E-state index contributed by atoms with van der Waals surface area (Å²) in [5, 5.41) is 0. The van der Waals surface area contributed by atoms with Gasteiger partial charge in [-0.25, -0.2) is 4.79 Å². The average molecular weight is 314 g/mol. The largest absolute Gasteiger partial charge is 0.444 e. The Labute approximate surface area is 133 Å². The molecule has 2 atom stereocenters. The third-order valence-electron chi connectivity index (χ3n) is 4.23. The highest BCUT2D eigenvalue weighted by Crippen LogP contribution is 2.24. The quantitative estimate of drug-likeness (QED) is 0.859. The zero-order chi connectivity index (χ0) is 16.2. The average Bonchev–Trinajstić information content (AvgIpc) is 2.46. The minimum Gasteiger partial charge on any atom is -0.444 e. The summed E-state index contributed by atoms with van der Waals surface area (Å²) < 4.78 is 16.4. The van der Waals surface area contributed by atoms with E-state index in [1.165, 1.54) is 0 Å². The maximum Gasteiger partial charge on any atom is 0.410 e. The molecule has 2 aliphatic rings. The van der Waals surface area contributed by atoms with Gasteiger partial charge in [0.25, 0.3) is 0 Å². The first kappa shape index (κ1) is 17.5. The van der Waals surface area contributed by atoms with E-state index in [-0.39, 0.29) is 18.2 Å². The van der Waals surface area contributed by atoms with Crippen molar-refractivity contribution in [2.75, 3.05) is 33.0 Å². The van der Waals surface area contributed by atoms with Crippen molar-refractivity contribution in [2.24, 2.45) is 11.7 Å². The van der Waals surface area contributed by atoms with Gasteiger partial charge >= 0.3 is 6.09 Å². The molecule has 2 aliphatic heterocycles. The van der Waals surface area contributed by atoms with Crippen LogP contribution in [0.25, 0.3) is 0 Å². The van der Waals surface area contributed by atoms with Crippen LogP contribution in [-0.4, -0.2) is 61.7 Å². The van der Waals surface area contributed by atoms with Gasteiger partial charge in [0.05, 0.1) is 19.3 Å². The fraction of sp³-hybridized carbons (Fsp3) is 0.938. The van der Waals surface area contributed by atoms with E-state index in [1.807, 2.05) is 20.8 Å². The zero-order valence-corrected chi connectivity index (χ0v) is 14.0. The molecule has 2 rings (SSSR count). The number of nitrogens with two attached hydrogens (primary N) is 1. The van der Waals surface area contributed by atoms with Gasteiger partial charge in [-0.15, -0.1) is 0 Å². The molecule has 1 amide bonds. The fourth-order valence-corrected chi connectivity index (χ4v) is 3.05. The SMILES string of the molecule is CC(C)(C)OC(=O)N1CCOCC1C(N)CC1CCOCC1. The van der Waals surface area contributed by atoms with E-state index in [0.29, 0.717) is 25.7 Å². The normalized spacial score (nSPS) is 25.8. The molecule has 2 fully saturated rings. The van der Waals surface area contributed by atoms with Crippen molar-refractivity contribution in [3.05, 3.63) is 0 Å². The summed E-state index contributed by atoms with van der Waals surface area (Å²) in [6.45, 7) is 8.83. The van der Waals surface area contributed by atoms with Gasteiger partial charge in [-0.2, -0.15) is 0 Å². The van der Waals surface area contributed by atoms with E-state index in [2.05, 4.69) is 0 Å². The van der Waals surface area contributed by atoms with Crippen LogP contribution in [0.15, 0.2) is 0 Å². The summed E-state index contributed by atoms with van der Waals surface area (Å²) in [6, 6.07) is -0.192. The molecule has 0 aromatic heterocycles. The fourth-order valence-electron chi connectivity index (χ4n) is 3.05.